The fourth-order valence-corrected chi connectivity index (χ4v) is 2.73. The molecule has 1 rings (SSSR count). The minimum atomic E-state index is -0.152. The summed E-state index contributed by atoms with van der Waals surface area (Å²) in [5.41, 5.74) is 2.27. The summed E-state index contributed by atoms with van der Waals surface area (Å²) in [6.07, 6.45) is 0.950. The maximum absolute atomic E-state index is 13.1. The second-order valence-corrected chi connectivity index (χ2v) is 7.53. The van der Waals surface area contributed by atoms with E-state index in [1.165, 1.54) is 5.56 Å². The summed E-state index contributed by atoms with van der Waals surface area (Å²) < 4.78 is 13.3. The topological polar surface area (TPSA) is 12.0 Å². The molecule has 0 radical (unpaired) electrons. The van der Waals surface area contributed by atoms with Crippen LogP contribution in [0.4, 0.5) is 4.39 Å². The van der Waals surface area contributed by atoms with Gasteiger partial charge in [0, 0.05) is 16.5 Å². The lowest BCUT2D eigenvalue weighted by Crippen LogP contribution is -2.32. The Bertz CT molecular complexity index is 385. The van der Waals surface area contributed by atoms with Crippen LogP contribution in [-0.4, -0.2) is 23.6 Å². The molecular weight excluding hydrogens is 245 g/mol. The molecule has 1 atom stereocenters. The number of thioether (sulfide) groups is 1. The van der Waals surface area contributed by atoms with E-state index in [2.05, 4.69) is 26.1 Å². The van der Waals surface area contributed by atoms with Crippen LogP contribution in [0.2, 0.25) is 0 Å². The number of likely N-dealkylation sites (N-methyl/N-ethyl adjacent to an activating group) is 1. The number of halogens is 1. The van der Waals surface area contributed by atoms with Crippen LogP contribution in [0.15, 0.2) is 18.2 Å². The standard InChI is InChI=1S/C15H24FNS/c1-11-8-13(16)7-6-12(11)9-14(17-5)10-18-15(2,3)4/h6-8,14,17H,9-10H2,1-5H3. The lowest BCUT2D eigenvalue weighted by molar-refractivity contribution is 0.605. The van der Waals surface area contributed by atoms with E-state index in [9.17, 15) is 4.39 Å². The molecule has 0 heterocycles. The second kappa shape index (κ2) is 6.58. The van der Waals surface area contributed by atoms with Crippen LogP contribution < -0.4 is 5.32 Å². The van der Waals surface area contributed by atoms with Gasteiger partial charge in [-0.05, 0) is 43.7 Å². The maximum atomic E-state index is 13.1. The molecule has 0 aliphatic carbocycles. The molecule has 1 unspecified atom stereocenters. The molecule has 1 aromatic rings. The first-order valence-corrected chi connectivity index (χ1v) is 7.36. The van der Waals surface area contributed by atoms with Gasteiger partial charge < -0.3 is 5.32 Å². The Morgan fingerprint density at radius 1 is 1.33 bits per heavy atom. The molecule has 0 spiro atoms. The number of aryl methyl sites for hydroxylation is 1. The van der Waals surface area contributed by atoms with Crippen LogP contribution in [-0.2, 0) is 6.42 Å². The number of hydrogen-bond donors (Lipinski definition) is 1. The van der Waals surface area contributed by atoms with Crippen molar-refractivity contribution in [3.8, 4) is 0 Å². The van der Waals surface area contributed by atoms with Crippen molar-refractivity contribution in [1.29, 1.82) is 0 Å². The van der Waals surface area contributed by atoms with Crippen molar-refractivity contribution in [3.63, 3.8) is 0 Å². The highest BCUT2D eigenvalue weighted by atomic mass is 32.2. The SMILES string of the molecule is CNC(CSC(C)(C)C)Cc1ccc(F)cc1C. The molecule has 0 aliphatic heterocycles. The van der Waals surface area contributed by atoms with Crippen LogP contribution in [0.3, 0.4) is 0 Å². The van der Waals surface area contributed by atoms with Gasteiger partial charge in [0.05, 0.1) is 0 Å². The summed E-state index contributed by atoms with van der Waals surface area (Å²) in [7, 11) is 1.99. The Labute approximate surface area is 115 Å². The lowest BCUT2D eigenvalue weighted by atomic mass is 10.0. The van der Waals surface area contributed by atoms with Gasteiger partial charge in [0.2, 0.25) is 0 Å². The minimum absolute atomic E-state index is 0.152. The predicted octanol–water partition coefficient (Wildman–Crippen LogP) is 3.80. The van der Waals surface area contributed by atoms with Crippen molar-refractivity contribution in [2.24, 2.45) is 0 Å². The highest BCUT2D eigenvalue weighted by Crippen LogP contribution is 2.24. The van der Waals surface area contributed by atoms with Crippen molar-refractivity contribution >= 4 is 11.8 Å². The Morgan fingerprint density at radius 2 is 2.00 bits per heavy atom. The molecule has 0 saturated carbocycles. The third-order valence-corrected chi connectivity index (χ3v) is 4.33. The zero-order valence-electron chi connectivity index (χ0n) is 12.0. The largest absolute Gasteiger partial charge is 0.316 e. The molecule has 3 heteroatoms. The minimum Gasteiger partial charge on any atom is -0.316 e. The van der Waals surface area contributed by atoms with E-state index in [1.807, 2.05) is 31.8 Å². The van der Waals surface area contributed by atoms with Gasteiger partial charge in [-0.25, -0.2) is 4.39 Å². The summed E-state index contributed by atoms with van der Waals surface area (Å²) >= 11 is 1.96. The summed E-state index contributed by atoms with van der Waals surface area (Å²) in [5.74, 6) is 0.915. The first-order valence-electron chi connectivity index (χ1n) is 6.38. The lowest BCUT2D eigenvalue weighted by Gasteiger charge is -2.23. The molecule has 1 nitrogen and oxygen atoms in total. The molecule has 0 amide bonds. The van der Waals surface area contributed by atoms with E-state index in [1.54, 1.807) is 12.1 Å². The van der Waals surface area contributed by atoms with E-state index in [-0.39, 0.29) is 10.6 Å². The third kappa shape index (κ3) is 5.40. The van der Waals surface area contributed by atoms with Crippen LogP contribution >= 0.6 is 11.8 Å². The molecule has 1 aromatic carbocycles. The van der Waals surface area contributed by atoms with E-state index >= 15 is 0 Å². The number of nitrogens with one attached hydrogen (secondary N) is 1. The van der Waals surface area contributed by atoms with E-state index < -0.39 is 0 Å². The van der Waals surface area contributed by atoms with Crippen LogP contribution in [0.25, 0.3) is 0 Å². The predicted molar refractivity (Wildman–Crippen MR) is 79.9 cm³/mol. The van der Waals surface area contributed by atoms with Crippen molar-refractivity contribution in [2.45, 2.75) is 44.9 Å². The summed E-state index contributed by atoms with van der Waals surface area (Å²) in [6.45, 7) is 8.66. The first-order chi connectivity index (χ1) is 8.31. The van der Waals surface area contributed by atoms with Crippen molar-refractivity contribution < 1.29 is 4.39 Å². The van der Waals surface area contributed by atoms with E-state index in [0.717, 1.165) is 17.7 Å². The van der Waals surface area contributed by atoms with Crippen molar-refractivity contribution in [2.75, 3.05) is 12.8 Å². The Morgan fingerprint density at radius 3 is 2.50 bits per heavy atom. The average molecular weight is 269 g/mol. The van der Waals surface area contributed by atoms with Gasteiger partial charge in [0.15, 0.2) is 0 Å². The number of rotatable bonds is 5. The van der Waals surface area contributed by atoms with Gasteiger partial charge in [-0.2, -0.15) is 11.8 Å². The Balaban J connectivity index is 2.62. The molecule has 0 saturated heterocycles. The summed E-state index contributed by atoms with van der Waals surface area (Å²) in [5, 5.41) is 3.35. The highest BCUT2D eigenvalue weighted by molar-refractivity contribution is 8.00. The van der Waals surface area contributed by atoms with Gasteiger partial charge in [-0.3, -0.25) is 0 Å². The second-order valence-electron chi connectivity index (χ2n) is 5.68. The van der Waals surface area contributed by atoms with Gasteiger partial charge in [-0.15, -0.1) is 0 Å². The number of benzene rings is 1. The van der Waals surface area contributed by atoms with Gasteiger partial charge in [0.25, 0.3) is 0 Å². The molecule has 0 aromatic heterocycles. The summed E-state index contributed by atoms with van der Waals surface area (Å²) in [6, 6.07) is 5.49. The maximum Gasteiger partial charge on any atom is 0.123 e. The zero-order valence-corrected chi connectivity index (χ0v) is 12.8. The molecule has 0 bridgehead atoms. The molecule has 0 aliphatic rings. The monoisotopic (exact) mass is 269 g/mol. The molecular formula is C15H24FNS. The van der Waals surface area contributed by atoms with Crippen molar-refractivity contribution in [1.82, 2.24) is 5.32 Å². The highest BCUT2D eigenvalue weighted by Gasteiger charge is 2.15. The first kappa shape index (κ1) is 15.5. The van der Waals surface area contributed by atoms with Gasteiger partial charge >= 0.3 is 0 Å². The third-order valence-electron chi connectivity index (χ3n) is 2.90. The zero-order chi connectivity index (χ0) is 13.8. The van der Waals surface area contributed by atoms with Crippen LogP contribution in [0.1, 0.15) is 31.9 Å². The fraction of sp³-hybridized carbons (Fsp3) is 0.600. The van der Waals surface area contributed by atoms with Crippen LogP contribution in [0.5, 0.6) is 0 Å². The van der Waals surface area contributed by atoms with Crippen molar-refractivity contribution in [3.05, 3.63) is 35.1 Å². The van der Waals surface area contributed by atoms with Gasteiger partial charge in [0.1, 0.15) is 5.82 Å². The fourth-order valence-electron chi connectivity index (χ4n) is 1.75. The number of hydrogen-bond acceptors (Lipinski definition) is 2. The van der Waals surface area contributed by atoms with Crippen LogP contribution in [0, 0.1) is 12.7 Å². The molecule has 18 heavy (non-hydrogen) atoms. The van der Waals surface area contributed by atoms with E-state index in [0.29, 0.717) is 6.04 Å². The Hall–Kier alpha value is -0.540. The van der Waals surface area contributed by atoms with Gasteiger partial charge in [-0.1, -0.05) is 26.8 Å². The smallest absolute Gasteiger partial charge is 0.123 e. The quantitative estimate of drug-likeness (QED) is 0.872. The van der Waals surface area contributed by atoms with E-state index in [4.69, 9.17) is 0 Å². The molecule has 1 N–H and O–H groups in total. The molecule has 0 fully saturated rings. The normalized spacial score (nSPS) is 13.7. The average Bonchev–Trinajstić information content (AvgIpc) is 2.25. The Kier molecular flexibility index (Phi) is 5.67. The molecule has 102 valence electrons. The summed E-state index contributed by atoms with van der Waals surface area (Å²) in [4.78, 5) is 0.